The maximum Gasteiger partial charge on any atom is 0.271 e. The van der Waals surface area contributed by atoms with E-state index in [9.17, 15) is 9.59 Å². The number of hydrogen-bond donors (Lipinski definition) is 2. The van der Waals surface area contributed by atoms with E-state index in [0.29, 0.717) is 42.6 Å². The van der Waals surface area contributed by atoms with Crippen LogP contribution in [0.1, 0.15) is 45.7 Å². The SMILES string of the molecule is CC(=NNC(=O)c1ccc(C(=O)NN=C(C)c2ccc(Cl)c(Cl)c2)cc1)c1ccc(Cl)c(Cl)c1. The van der Waals surface area contributed by atoms with Crippen LogP contribution < -0.4 is 10.9 Å². The average Bonchev–Trinajstić information content (AvgIpc) is 2.84. The van der Waals surface area contributed by atoms with Crippen LogP contribution in [0.15, 0.2) is 70.9 Å². The summed E-state index contributed by atoms with van der Waals surface area (Å²) in [6, 6.07) is 16.2. The van der Waals surface area contributed by atoms with E-state index in [-0.39, 0.29) is 0 Å². The van der Waals surface area contributed by atoms with E-state index in [1.54, 1.807) is 50.2 Å². The highest BCUT2D eigenvalue weighted by Gasteiger charge is 2.10. The summed E-state index contributed by atoms with van der Waals surface area (Å²) >= 11 is 23.9. The standard InChI is InChI=1S/C24H18Cl4N4O2/c1-13(17-7-9-19(25)21(27)11-17)29-31-23(33)15-3-5-16(6-4-15)24(34)32-30-14(2)18-8-10-20(26)22(28)12-18/h3-12H,1-2H3,(H,31,33)(H,32,34). The number of carbonyl (C=O) groups is 2. The predicted molar refractivity (Wildman–Crippen MR) is 139 cm³/mol. The highest BCUT2D eigenvalue weighted by atomic mass is 35.5. The van der Waals surface area contributed by atoms with E-state index in [0.717, 1.165) is 11.1 Å². The van der Waals surface area contributed by atoms with Crippen molar-refractivity contribution in [2.75, 3.05) is 0 Å². The van der Waals surface area contributed by atoms with Crippen LogP contribution in [0.2, 0.25) is 20.1 Å². The van der Waals surface area contributed by atoms with E-state index in [2.05, 4.69) is 21.1 Å². The Hall–Kier alpha value is -2.90. The fourth-order valence-corrected chi connectivity index (χ4v) is 3.34. The Labute approximate surface area is 216 Å². The first kappa shape index (κ1) is 25.7. The largest absolute Gasteiger partial charge is 0.271 e. The molecular formula is C24H18Cl4N4O2. The van der Waals surface area contributed by atoms with Crippen LogP contribution in [0.4, 0.5) is 0 Å². The number of nitrogens with one attached hydrogen (secondary N) is 2. The summed E-state index contributed by atoms with van der Waals surface area (Å²) in [4.78, 5) is 24.8. The highest BCUT2D eigenvalue weighted by Crippen LogP contribution is 2.23. The molecule has 0 heterocycles. The first-order valence-electron chi connectivity index (χ1n) is 9.86. The van der Waals surface area contributed by atoms with Crippen molar-refractivity contribution < 1.29 is 9.59 Å². The normalized spacial score (nSPS) is 11.8. The van der Waals surface area contributed by atoms with Crippen molar-refractivity contribution >= 4 is 69.6 Å². The molecule has 2 N–H and O–H groups in total. The predicted octanol–water partition coefficient (Wildman–Crippen LogP) is 6.61. The van der Waals surface area contributed by atoms with Gasteiger partial charge in [-0.2, -0.15) is 10.2 Å². The minimum absolute atomic E-state index is 0.331. The molecule has 0 aromatic heterocycles. The second kappa shape index (κ2) is 11.5. The molecule has 10 heteroatoms. The van der Waals surface area contributed by atoms with Gasteiger partial charge in [0.1, 0.15) is 0 Å². The van der Waals surface area contributed by atoms with E-state index in [4.69, 9.17) is 46.4 Å². The first-order valence-corrected chi connectivity index (χ1v) is 11.4. The van der Waals surface area contributed by atoms with Gasteiger partial charge in [-0.25, -0.2) is 10.9 Å². The molecule has 34 heavy (non-hydrogen) atoms. The molecule has 0 unspecified atom stereocenters. The van der Waals surface area contributed by atoms with Crippen molar-refractivity contribution in [3.63, 3.8) is 0 Å². The zero-order valence-corrected chi connectivity index (χ0v) is 21.0. The number of rotatable bonds is 6. The lowest BCUT2D eigenvalue weighted by Gasteiger charge is -2.06. The highest BCUT2D eigenvalue weighted by molar-refractivity contribution is 6.42. The van der Waals surface area contributed by atoms with Gasteiger partial charge in [-0.05, 0) is 73.5 Å². The van der Waals surface area contributed by atoms with Crippen LogP contribution in [0.5, 0.6) is 0 Å². The number of nitrogens with zero attached hydrogens (tertiary/aromatic N) is 2. The molecule has 3 rings (SSSR count). The Bertz CT molecular complexity index is 1200. The van der Waals surface area contributed by atoms with Gasteiger partial charge < -0.3 is 0 Å². The average molecular weight is 536 g/mol. The smallest absolute Gasteiger partial charge is 0.267 e. The van der Waals surface area contributed by atoms with Gasteiger partial charge in [-0.15, -0.1) is 0 Å². The van der Waals surface area contributed by atoms with Crippen LogP contribution in [-0.2, 0) is 0 Å². The third-order valence-electron chi connectivity index (χ3n) is 4.73. The number of hydrogen-bond acceptors (Lipinski definition) is 4. The summed E-state index contributed by atoms with van der Waals surface area (Å²) in [5, 5.41) is 9.83. The lowest BCUT2D eigenvalue weighted by molar-refractivity contribution is 0.0943. The molecule has 0 atom stereocenters. The summed E-state index contributed by atoms with van der Waals surface area (Å²) in [7, 11) is 0. The Morgan fingerprint density at radius 2 is 0.882 bits per heavy atom. The monoisotopic (exact) mass is 534 g/mol. The third kappa shape index (κ3) is 6.58. The zero-order chi connectivity index (χ0) is 24.8. The zero-order valence-electron chi connectivity index (χ0n) is 18.0. The second-order valence-corrected chi connectivity index (χ2v) is 8.74. The van der Waals surface area contributed by atoms with Crippen LogP contribution in [0.3, 0.4) is 0 Å². The van der Waals surface area contributed by atoms with Crippen LogP contribution in [-0.4, -0.2) is 23.2 Å². The number of amides is 2. The summed E-state index contributed by atoms with van der Waals surface area (Å²) in [6.07, 6.45) is 0. The summed E-state index contributed by atoms with van der Waals surface area (Å²) in [5.74, 6) is -0.861. The summed E-state index contributed by atoms with van der Waals surface area (Å²) in [5.41, 5.74) is 8.17. The molecule has 0 aliphatic heterocycles. The van der Waals surface area contributed by atoms with E-state index >= 15 is 0 Å². The molecule has 3 aromatic rings. The van der Waals surface area contributed by atoms with Gasteiger partial charge >= 0.3 is 0 Å². The quantitative estimate of drug-likeness (QED) is 0.275. The van der Waals surface area contributed by atoms with E-state index in [1.807, 2.05) is 0 Å². The first-order chi connectivity index (χ1) is 16.2. The minimum atomic E-state index is -0.431. The van der Waals surface area contributed by atoms with Gasteiger partial charge in [-0.1, -0.05) is 58.5 Å². The maximum atomic E-state index is 12.4. The van der Waals surface area contributed by atoms with Gasteiger partial charge in [0.05, 0.1) is 31.5 Å². The van der Waals surface area contributed by atoms with Gasteiger partial charge in [0.25, 0.3) is 11.8 Å². The van der Waals surface area contributed by atoms with Gasteiger partial charge in [0.2, 0.25) is 0 Å². The Balaban J connectivity index is 1.62. The van der Waals surface area contributed by atoms with E-state index in [1.165, 1.54) is 24.3 Å². The van der Waals surface area contributed by atoms with Crippen molar-refractivity contribution in [2.24, 2.45) is 10.2 Å². The third-order valence-corrected chi connectivity index (χ3v) is 6.21. The lowest BCUT2D eigenvalue weighted by Crippen LogP contribution is -2.21. The molecule has 0 saturated carbocycles. The molecule has 6 nitrogen and oxygen atoms in total. The van der Waals surface area contributed by atoms with Crippen LogP contribution in [0.25, 0.3) is 0 Å². The fraction of sp³-hybridized carbons (Fsp3) is 0.0833. The Kier molecular flexibility index (Phi) is 8.69. The topological polar surface area (TPSA) is 82.9 Å². The van der Waals surface area contributed by atoms with Crippen molar-refractivity contribution in [1.29, 1.82) is 0 Å². The molecule has 3 aromatic carbocycles. The fourth-order valence-electron chi connectivity index (χ4n) is 2.74. The second-order valence-electron chi connectivity index (χ2n) is 7.11. The number of halogens is 4. The summed E-state index contributed by atoms with van der Waals surface area (Å²) in [6.45, 7) is 3.46. The van der Waals surface area contributed by atoms with Crippen molar-refractivity contribution in [3.05, 3.63) is 103 Å². The Morgan fingerprint density at radius 1 is 0.559 bits per heavy atom. The molecular weight excluding hydrogens is 518 g/mol. The molecule has 0 aliphatic carbocycles. The summed E-state index contributed by atoms with van der Waals surface area (Å²) < 4.78 is 0. The molecule has 0 bridgehead atoms. The van der Waals surface area contributed by atoms with Crippen molar-refractivity contribution in [3.8, 4) is 0 Å². The molecule has 0 aliphatic rings. The van der Waals surface area contributed by atoms with Crippen LogP contribution in [0, 0.1) is 0 Å². The maximum absolute atomic E-state index is 12.4. The number of hydrazone groups is 2. The lowest BCUT2D eigenvalue weighted by atomic mass is 10.1. The molecule has 0 radical (unpaired) electrons. The molecule has 0 spiro atoms. The van der Waals surface area contributed by atoms with Gasteiger partial charge in [0.15, 0.2) is 0 Å². The number of carbonyl (C=O) groups excluding carboxylic acids is 2. The van der Waals surface area contributed by atoms with Crippen molar-refractivity contribution in [2.45, 2.75) is 13.8 Å². The molecule has 2 amide bonds. The van der Waals surface area contributed by atoms with Crippen molar-refractivity contribution in [1.82, 2.24) is 10.9 Å². The van der Waals surface area contributed by atoms with Crippen LogP contribution >= 0.6 is 46.4 Å². The van der Waals surface area contributed by atoms with Gasteiger partial charge in [-0.3, -0.25) is 9.59 Å². The van der Waals surface area contributed by atoms with Gasteiger partial charge in [0, 0.05) is 11.1 Å². The molecule has 174 valence electrons. The number of benzene rings is 3. The Morgan fingerprint density at radius 3 is 1.21 bits per heavy atom. The molecule has 0 saturated heterocycles. The minimum Gasteiger partial charge on any atom is -0.267 e. The van der Waals surface area contributed by atoms with E-state index < -0.39 is 11.8 Å². The molecule has 0 fully saturated rings.